The van der Waals surface area contributed by atoms with Gasteiger partial charge in [-0.2, -0.15) is 4.99 Å². The maximum Gasteiger partial charge on any atom is 0.218 e. The van der Waals surface area contributed by atoms with E-state index in [-0.39, 0.29) is 24.3 Å². The molecule has 1 heterocycles. The van der Waals surface area contributed by atoms with Gasteiger partial charge in [0.1, 0.15) is 0 Å². The number of pyridine rings is 1. The summed E-state index contributed by atoms with van der Waals surface area (Å²) >= 11 is 0. The molecule has 0 aromatic carbocycles. The van der Waals surface area contributed by atoms with Crippen molar-refractivity contribution in [2.24, 2.45) is 27.2 Å². The smallest absolute Gasteiger partial charge is 0.218 e. The number of nitrogens with two attached hydrogens (primary N) is 3. The Hall–Kier alpha value is -1.82. The van der Waals surface area contributed by atoms with Gasteiger partial charge in [-0.1, -0.05) is 0 Å². The molecule has 1 aromatic rings. The van der Waals surface area contributed by atoms with Crippen LogP contribution >= 0.6 is 0 Å². The second kappa shape index (κ2) is 6.61. The minimum absolute atomic E-state index is 0. The van der Waals surface area contributed by atoms with E-state index in [0.717, 1.165) is 5.56 Å². The molecule has 0 atom stereocenters. The minimum Gasteiger partial charge on any atom is -1.00 e. The molecule has 0 aliphatic carbocycles. The molecule has 0 spiro atoms. The second-order valence-electron chi connectivity index (χ2n) is 2.57. The third kappa shape index (κ3) is 5.48. The van der Waals surface area contributed by atoms with Gasteiger partial charge >= 0.3 is 0 Å². The van der Waals surface area contributed by atoms with Gasteiger partial charge in [-0.3, -0.25) is 4.98 Å². The summed E-state index contributed by atoms with van der Waals surface area (Å²) in [7, 11) is 0. The molecule has 6 nitrogen and oxygen atoms in total. The lowest BCUT2D eigenvalue weighted by Crippen LogP contribution is -3.00. The molecule has 15 heavy (non-hydrogen) atoms. The Bertz CT molecular complexity index is 343. The normalized spacial score (nSPS) is 10.3. The molecule has 82 valence electrons. The summed E-state index contributed by atoms with van der Waals surface area (Å²) in [5.74, 6) is -0.0252. The molecule has 0 saturated carbocycles. The van der Waals surface area contributed by atoms with E-state index in [1.54, 1.807) is 12.4 Å². The van der Waals surface area contributed by atoms with Crippen molar-refractivity contribution in [2.45, 2.75) is 6.54 Å². The van der Waals surface area contributed by atoms with Crippen molar-refractivity contribution in [3.63, 3.8) is 0 Å². The van der Waals surface area contributed by atoms with E-state index in [0.29, 0.717) is 6.54 Å². The lowest BCUT2D eigenvalue weighted by atomic mass is 10.3. The summed E-state index contributed by atoms with van der Waals surface area (Å²) in [6, 6.07) is 3.68. The first-order chi connectivity index (χ1) is 6.68. The zero-order valence-electron chi connectivity index (χ0n) is 7.97. The maximum absolute atomic E-state index is 5.41. The molecular weight excluding hydrogens is 216 g/mol. The summed E-state index contributed by atoms with van der Waals surface area (Å²) in [6.45, 7) is 0.436. The number of hydrogen-bond donors (Lipinski definition) is 3. The molecule has 6 N–H and O–H groups in total. The lowest BCUT2D eigenvalue weighted by Gasteiger charge is -1.96. The molecule has 0 aliphatic heterocycles. The highest BCUT2D eigenvalue weighted by Gasteiger charge is 1.91. The number of guanidine groups is 2. The van der Waals surface area contributed by atoms with Gasteiger partial charge in [0.25, 0.3) is 0 Å². The molecule has 0 fully saturated rings. The number of aliphatic imine (C=N–C) groups is 2. The van der Waals surface area contributed by atoms with Crippen LogP contribution in [0, 0.1) is 0 Å². The van der Waals surface area contributed by atoms with Crippen molar-refractivity contribution in [1.82, 2.24) is 4.98 Å². The van der Waals surface area contributed by atoms with Crippen LogP contribution in [0.3, 0.4) is 0 Å². The first-order valence-corrected chi connectivity index (χ1v) is 3.97. The average molecular weight is 228 g/mol. The summed E-state index contributed by atoms with van der Waals surface area (Å²) in [5.41, 5.74) is 16.6. The van der Waals surface area contributed by atoms with Crippen molar-refractivity contribution in [2.75, 3.05) is 0 Å². The van der Waals surface area contributed by atoms with Crippen molar-refractivity contribution < 1.29 is 12.4 Å². The molecule has 0 radical (unpaired) electrons. The molecule has 0 unspecified atom stereocenters. The lowest BCUT2D eigenvalue weighted by molar-refractivity contribution is -0.00000352. The van der Waals surface area contributed by atoms with E-state index in [2.05, 4.69) is 15.0 Å². The maximum atomic E-state index is 5.41. The van der Waals surface area contributed by atoms with Gasteiger partial charge in [-0.15, -0.1) is 0 Å². The van der Waals surface area contributed by atoms with Crippen molar-refractivity contribution >= 4 is 11.9 Å². The standard InChI is InChI=1S/C8H12N6.ClH/c9-7(10)14-8(11)13-5-6-1-3-12-4-2-6;/h1-4H,5H2,(H6,9,10,11,13,14);1H/p-1. The fourth-order valence-electron chi connectivity index (χ4n) is 0.828. The predicted molar refractivity (Wildman–Crippen MR) is 55.4 cm³/mol. The quantitative estimate of drug-likeness (QED) is 0.355. The highest BCUT2D eigenvalue weighted by Crippen LogP contribution is 1.97. The molecule has 7 heteroatoms. The second-order valence-corrected chi connectivity index (χ2v) is 2.57. The summed E-state index contributed by atoms with van der Waals surface area (Å²) < 4.78 is 0. The Balaban J connectivity index is 0.00000196. The highest BCUT2D eigenvalue weighted by molar-refractivity contribution is 5.92. The Labute approximate surface area is 93.7 Å². The van der Waals surface area contributed by atoms with Gasteiger partial charge in [-0.25, -0.2) is 4.99 Å². The third-order valence-corrected chi connectivity index (χ3v) is 1.42. The number of hydrogen-bond acceptors (Lipinski definition) is 2. The van der Waals surface area contributed by atoms with Crippen LogP contribution in [0.1, 0.15) is 5.56 Å². The van der Waals surface area contributed by atoms with Crippen LogP contribution in [-0.4, -0.2) is 16.9 Å². The van der Waals surface area contributed by atoms with Gasteiger partial charge in [0.15, 0.2) is 5.96 Å². The minimum atomic E-state index is -0.0963. The van der Waals surface area contributed by atoms with E-state index in [1.165, 1.54) is 0 Å². The van der Waals surface area contributed by atoms with E-state index in [9.17, 15) is 0 Å². The van der Waals surface area contributed by atoms with E-state index < -0.39 is 0 Å². The van der Waals surface area contributed by atoms with E-state index >= 15 is 0 Å². The van der Waals surface area contributed by atoms with Gasteiger partial charge in [0.2, 0.25) is 5.96 Å². The Kier molecular flexibility index (Phi) is 5.81. The molecule has 0 amide bonds. The molecule has 0 bridgehead atoms. The first-order valence-electron chi connectivity index (χ1n) is 3.97. The molecule has 0 saturated heterocycles. The van der Waals surface area contributed by atoms with Crippen molar-refractivity contribution in [1.29, 1.82) is 0 Å². The average Bonchev–Trinajstić information content (AvgIpc) is 2.15. The molecule has 1 rings (SSSR count). The van der Waals surface area contributed by atoms with Crippen LogP contribution < -0.4 is 29.6 Å². The fourth-order valence-corrected chi connectivity index (χ4v) is 0.828. The third-order valence-electron chi connectivity index (χ3n) is 1.42. The van der Waals surface area contributed by atoms with Gasteiger partial charge in [-0.05, 0) is 17.7 Å². The first kappa shape index (κ1) is 13.2. The van der Waals surface area contributed by atoms with Crippen LogP contribution in [0.25, 0.3) is 0 Å². The Morgan fingerprint density at radius 3 is 2.33 bits per heavy atom. The van der Waals surface area contributed by atoms with Crippen LogP contribution in [0.15, 0.2) is 34.5 Å². The summed E-state index contributed by atoms with van der Waals surface area (Å²) in [4.78, 5) is 11.4. The van der Waals surface area contributed by atoms with Gasteiger partial charge in [0, 0.05) is 12.4 Å². The predicted octanol–water partition coefficient (Wildman–Crippen LogP) is -3.83. The van der Waals surface area contributed by atoms with Gasteiger partial charge < -0.3 is 29.6 Å². The van der Waals surface area contributed by atoms with Gasteiger partial charge in [0.05, 0.1) is 6.54 Å². The highest BCUT2D eigenvalue weighted by atomic mass is 35.5. The van der Waals surface area contributed by atoms with E-state index in [4.69, 9.17) is 17.2 Å². The summed E-state index contributed by atoms with van der Waals surface area (Å²) in [6.07, 6.45) is 3.36. The van der Waals surface area contributed by atoms with E-state index in [1.807, 2.05) is 12.1 Å². The Morgan fingerprint density at radius 2 is 1.80 bits per heavy atom. The van der Waals surface area contributed by atoms with Crippen LogP contribution in [0.2, 0.25) is 0 Å². The zero-order chi connectivity index (χ0) is 10.4. The molecule has 0 aliphatic rings. The fraction of sp³-hybridized carbons (Fsp3) is 0.125. The molecular formula is C8H12ClN6-. The van der Waals surface area contributed by atoms with Crippen molar-refractivity contribution in [3.8, 4) is 0 Å². The van der Waals surface area contributed by atoms with Crippen molar-refractivity contribution in [3.05, 3.63) is 30.1 Å². The summed E-state index contributed by atoms with van der Waals surface area (Å²) in [5, 5.41) is 0. The monoisotopic (exact) mass is 227 g/mol. The SMILES string of the molecule is NC(N)=NC(N)=NCc1ccncc1.[Cl-]. The largest absolute Gasteiger partial charge is 1.00 e. The number of rotatable bonds is 2. The Morgan fingerprint density at radius 1 is 1.20 bits per heavy atom. The van der Waals surface area contributed by atoms with Crippen LogP contribution in [-0.2, 0) is 6.54 Å². The van der Waals surface area contributed by atoms with Crippen LogP contribution in [0.4, 0.5) is 0 Å². The topological polar surface area (TPSA) is 116 Å². The zero-order valence-corrected chi connectivity index (χ0v) is 8.72. The number of aromatic nitrogens is 1. The number of nitrogens with zero attached hydrogens (tertiary/aromatic N) is 3. The number of halogens is 1. The molecule has 1 aromatic heterocycles. The van der Waals surface area contributed by atoms with Crippen LogP contribution in [0.5, 0.6) is 0 Å².